The fraction of sp³-hybridized carbons (Fsp3) is 0.240. The van der Waals surface area contributed by atoms with E-state index >= 15 is 0 Å². The number of pyridine rings is 1. The molecule has 0 saturated heterocycles. The number of aryl methyl sites for hydroxylation is 3. The van der Waals surface area contributed by atoms with E-state index in [0.717, 1.165) is 33.4 Å². The van der Waals surface area contributed by atoms with Gasteiger partial charge in [0.25, 0.3) is 5.91 Å². The van der Waals surface area contributed by atoms with Crippen molar-refractivity contribution >= 4 is 16.9 Å². The van der Waals surface area contributed by atoms with Crippen LogP contribution in [-0.2, 0) is 18.3 Å². The molecule has 0 aliphatic rings. The van der Waals surface area contributed by atoms with Crippen molar-refractivity contribution in [3.8, 4) is 5.88 Å². The highest BCUT2D eigenvalue weighted by Gasteiger charge is 2.18. The van der Waals surface area contributed by atoms with E-state index < -0.39 is 0 Å². The molecule has 0 saturated carbocycles. The van der Waals surface area contributed by atoms with Crippen molar-refractivity contribution in [1.29, 1.82) is 0 Å². The number of nitrogens with one attached hydrogen (secondary N) is 1. The third-order valence-electron chi connectivity index (χ3n) is 5.25. The number of amides is 1. The number of nitrogens with zero attached hydrogens (tertiary/aromatic N) is 3. The molecule has 2 aromatic heterocycles. The number of benzene rings is 2. The Kier molecular flexibility index (Phi) is 5.98. The molecule has 2 aromatic carbocycles. The fourth-order valence-corrected chi connectivity index (χ4v) is 3.81. The summed E-state index contributed by atoms with van der Waals surface area (Å²) in [6.07, 6.45) is 0.700. The first kappa shape index (κ1) is 20.6. The molecule has 0 radical (unpaired) electrons. The lowest BCUT2D eigenvalue weighted by molar-refractivity contribution is -0.123. The van der Waals surface area contributed by atoms with Crippen molar-refractivity contribution in [2.45, 2.75) is 26.3 Å². The zero-order chi connectivity index (χ0) is 21.8. The predicted octanol–water partition coefficient (Wildman–Crippen LogP) is 4.06. The van der Waals surface area contributed by atoms with Crippen LogP contribution in [0.15, 0.2) is 66.7 Å². The molecule has 0 spiro atoms. The van der Waals surface area contributed by atoms with Gasteiger partial charge in [-0.2, -0.15) is 0 Å². The number of aromatic nitrogens is 3. The van der Waals surface area contributed by atoms with Crippen LogP contribution in [0.5, 0.6) is 5.88 Å². The van der Waals surface area contributed by atoms with Gasteiger partial charge in [0.1, 0.15) is 0 Å². The summed E-state index contributed by atoms with van der Waals surface area (Å²) in [7, 11) is 1.83. The van der Waals surface area contributed by atoms with Gasteiger partial charge in [0, 0.05) is 12.7 Å². The molecule has 0 bridgehead atoms. The summed E-state index contributed by atoms with van der Waals surface area (Å²) >= 11 is 0. The van der Waals surface area contributed by atoms with E-state index in [1.165, 1.54) is 0 Å². The monoisotopic (exact) mass is 414 g/mol. The Bertz CT molecular complexity index is 1190. The number of carbonyl (C=O) groups excluding carboxylic acids is 1. The molecule has 0 aliphatic heterocycles. The summed E-state index contributed by atoms with van der Waals surface area (Å²) in [6.45, 7) is 3.83. The van der Waals surface area contributed by atoms with Crippen LogP contribution < -0.4 is 10.1 Å². The van der Waals surface area contributed by atoms with Crippen molar-refractivity contribution in [2.24, 2.45) is 7.05 Å². The highest BCUT2D eigenvalue weighted by molar-refractivity contribution is 5.85. The molecule has 1 atom stereocenters. The minimum absolute atomic E-state index is 0.114. The second-order valence-corrected chi connectivity index (χ2v) is 7.72. The summed E-state index contributed by atoms with van der Waals surface area (Å²) in [5.74, 6) is 0.235. The lowest BCUT2D eigenvalue weighted by atomic mass is 9.99. The molecule has 0 aliphatic carbocycles. The largest absolute Gasteiger partial charge is 0.466 e. The average molecular weight is 415 g/mol. The molecule has 4 rings (SSSR count). The van der Waals surface area contributed by atoms with Gasteiger partial charge in [-0.3, -0.25) is 4.79 Å². The van der Waals surface area contributed by atoms with Gasteiger partial charge in [-0.05, 0) is 43.0 Å². The van der Waals surface area contributed by atoms with Crippen molar-refractivity contribution in [3.63, 3.8) is 0 Å². The maximum atomic E-state index is 12.8. The van der Waals surface area contributed by atoms with Crippen LogP contribution in [0, 0.1) is 13.8 Å². The summed E-state index contributed by atoms with van der Waals surface area (Å²) in [5.41, 5.74) is 4.91. The number of ether oxygens (including phenoxy) is 1. The number of fused-ring (bicyclic) bond motifs is 1. The van der Waals surface area contributed by atoms with Gasteiger partial charge in [-0.25, -0.2) is 9.67 Å². The fourth-order valence-electron chi connectivity index (χ4n) is 3.81. The Hall–Kier alpha value is -3.67. The van der Waals surface area contributed by atoms with Gasteiger partial charge in [-0.15, -0.1) is 5.10 Å². The molecule has 0 fully saturated rings. The van der Waals surface area contributed by atoms with Crippen molar-refractivity contribution in [1.82, 2.24) is 20.1 Å². The molecule has 6 heteroatoms. The molecule has 1 unspecified atom stereocenters. The lowest BCUT2D eigenvalue weighted by Gasteiger charge is -2.19. The smallest absolute Gasteiger partial charge is 0.258 e. The van der Waals surface area contributed by atoms with Gasteiger partial charge >= 0.3 is 0 Å². The maximum absolute atomic E-state index is 12.8. The first-order valence-electron chi connectivity index (χ1n) is 10.3. The van der Waals surface area contributed by atoms with E-state index in [0.29, 0.717) is 12.3 Å². The van der Waals surface area contributed by atoms with Gasteiger partial charge in [0.05, 0.1) is 11.4 Å². The Morgan fingerprint density at radius 1 is 1.06 bits per heavy atom. The Morgan fingerprint density at radius 3 is 2.45 bits per heavy atom. The Morgan fingerprint density at radius 2 is 1.74 bits per heavy atom. The zero-order valence-electron chi connectivity index (χ0n) is 18.0. The van der Waals surface area contributed by atoms with E-state index in [1.807, 2.05) is 75.5 Å². The topological polar surface area (TPSA) is 69.0 Å². The van der Waals surface area contributed by atoms with Crippen LogP contribution in [0.3, 0.4) is 0 Å². The normalized spacial score (nSPS) is 12.0. The third kappa shape index (κ3) is 4.74. The first-order valence-corrected chi connectivity index (χ1v) is 10.3. The van der Waals surface area contributed by atoms with Gasteiger partial charge in [0.15, 0.2) is 12.3 Å². The molecule has 2 heterocycles. The average Bonchev–Trinajstić information content (AvgIpc) is 3.09. The molecular weight excluding hydrogens is 388 g/mol. The molecule has 4 aromatic rings. The van der Waals surface area contributed by atoms with Crippen molar-refractivity contribution in [2.75, 3.05) is 6.61 Å². The SMILES string of the molecule is Cc1cc(C)c2c(OCC(=O)NC(Cc3ccccc3)c3ccccc3)nn(C)c2n1. The van der Waals surface area contributed by atoms with E-state index in [-0.39, 0.29) is 18.6 Å². The van der Waals surface area contributed by atoms with Gasteiger partial charge in [-0.1, -0.05) is 60.7 Å². The molecule has 1 N–H and O–H groups in total. The minimum Gasteiger partial charge on any atom is -0.466 e. The molecular formula is C25H26N4O2. The van der Waals surface area contributed by atoms with Gasteiger partial charge in [0.2, 0.25) is 5.88 Å². The van der Waals surface area contributed by atoms with Gasteiger partial charge < -0.3 is 10.1 Å². The second kappa shape index (κ2) is 9.00. The number of rotatable bonds is 7. The van der Waals surface area contributed by atoms with Crippen LogP contribution in [0.1, 0.15) is 28.4 Å². The number of hydrogen-bond donors (Lipinski definition) is 1. The summed E-state index contributed by atoms with van der Waals surface area (Å²) in [5, 5.41) is 8.37. The van der Waals surface area contributed by atoms with E-state index in [9.17, 15) is 4.79 Å². The highest BCUT2D eigenvalue weighted by atomic mass is 16.5. The standard InChI is InChI=1S/C25H26N4O2/c1-17-14-18(2)26-24-23(17)25(28-29(24)3)31-16-22(30)27-21(20-12-8-5-9-13-20)15-19-10-6-4-7-11-19/h4-14,21H,15-16H2,1-3H3,(H,27,30). The Labute approximate surface area is 181 Å². The molecule has 6 nitrogen and oxygen atoms in total. The third-order valence-corrected chi connectivity index (χ3v) is 5.25. The quantitative estimate of drug-likeness (QED) is 0.495. The summed E-state index contributed by atoms with van der Waals surface area (Å²) in [4.78, 5) is 17.3. The number of hydrogen-bond acceptors (Lipinski definition) is 4. The van der Waals surface area contributed by atoms with Crippen LogP contribution in [0.25, 0.3) is 11.0 Å². The molecule has 1 amide bonds. The van der Waals surface area contributed by atoms with E-state index in [2.05, 4.69) is 27.5 Å². The van der Waals surface area contributed by atoms with Crippen molar-refractivity contribution < 1.29 is 9.53 Å². The highest BCUT2D eigenvalue weighted by Crippen LogP contribution is 2.27. The summed E-state index contributed by atoms with van der Waals surface area (Å²) < 4.78 is 7.51. The van der Waals surface area contributed by atoms with Crippen molar-refractivity contribution in [3.05, 3.63) is 89.1 Å². The maximum Gasteiger partial charge on any atom is 0.258 e. The Balaban J connectivity index is 1.49. The molecule has 31 heavy (non-hydrogen) atoms. The van der Waals surface area contributed by atoms with E-state index in [1.54, 1.807) is 4.68 Å². The lowest BCUT2D eigenvalue weighted by Crippen LogP contribution is -2.33. The second-order valence-electron chi connectivity index (χ2n) is 7.72. The van der Waals surface area contributed by atoms with Crippen LogP contribution >= 0.6 is 0 Å². The first-order chi connectivity index (χ1) is 15.0. The van der Waals surface area contributed by atoms with E-state index in [4.69, 9.17) is 4.74 Å². The number of carbonyl (C=O) groups is 1. The van der Waals surface area contributed by atoms with Crippen LogP contribution in [0.2, 0.25) is 0 Å². The summed E-state index contributed by atoms with van der Waals surface area (Å²) in [6, 6.07) is 22.0. The van der Waals surface area contributed by atoms with Crippen LogP contribution in [0.4, 0.5) is 0 Å². The predicted molar refractivity (Wildman–Crippen MR) is 121 cm³/mol. The van der Waals surface area contributed by atoms with Crippen LogP contribution in [-0.4, -0.2) is 27.3 Å². The molecule has 158 valence electrons. The minimum atomic E-state index is -0.193. The zero-order valence-corrected chi connectivity index (χ0v) is 18.0.